The molecule has 32 heavy (non-hydrogen) atoms. The Bertz CT molecular complexity index is 1060. The molecule has 1 amide bonds. The van der Waals surface area contributed by atoms with Crippen molar-refractivity contribution < 1.29 is 9.72 Å². The van der Waals surface area contributed by atoms with E-state index in [9.17, 15) is 14.9 Å². The monoisotopic (exact) mass is 434 g/mol. The maximum absolute atomic E-state index is 13.8. The van der Waals surface area contributed by atoms with Gasteiger partial charge in [0.2, 0.25) is 0 Å². The van der Waals surface area contributed by atoms with Gasteiger partial charge in [-0.2, -0.15) is 0 Å². The predicted molar refractivity (Wildman–Crippen MR) is 126 cm³/mol. The van der Waals surface area contributed by atoms with Gasteiger partial charge < -0.3 is 14.7 Å². The zero-order chi connectivity index (χ0) is 22.4. The molecular formula is C25H30N4O3. The Balaban J connectivity index is 1.52. The van der Waals surface area contributed by atoms with Gasteiger partial charge in [-0.25, -0.2) is 0 Å². The highest BCUT2D eigenvalue weighted by Crippen LogP contribution is 2.46. The lowest BCUT2D eigenvalue weighted by atomic mass is 9.88. The van der Waals surface area contributed by atoms with Gasteiger partial charge in [-0.1, -0.05) is 17.7 Å². The Morgan fingerprint density at radius 2 is 1.78 bits per heavy atom. The molecule has 0 bridgehead atoms. The molecule has 2 fully saturated rings. The van der Waals surface area contributed by atoms with Crippen molar-refractivity contribution >= 4 is 23.0 Å². The number of amides is 1. The lowest BCUT2D eigenvalue weighted by Crippen LogP contribution is -2.47. The number of anilines is 2. The van der Waals surface area contributed by atoms with Gasteiger partial charge >= 0.3 is 0 Å². The van der Waals surface area contributed by atoms with Gasteiger partial charge in [0.05, 0.1) is 4.92 Å². The first kappa shape index (κ1) is 20.9. The van der Waals surface area contributed by atoms with E-state index in [0.29, 0.717) is 11.3 Å². The molecule has 2 saturated heterocycles. The van der Waals surface area contributed by atoms with Crippen LogP contribution in [0, 0.1) is 17.0 Å². The molecule has 0 saturated carbocycles. The van der Waals surface area contributed by atoms with Crippen LogP contribution in [0.1, 0.15) is 53.1 Å². The molecule has 168 valence electrons. The molecule has 3 aliphatic heterocycles. The van der Waals surface area contributed by atoms with Gasteiger partial charge in [-0.05, 0) is 70.0 Å². The summed E-state index contributed by atoms with van der Waals surface area (Å²) in [6.45, 7) is 5.58. The molecule has 2 atom stereocenters. The van der Waals surface area contributed by atoms with Gasteiger partial charge in [0.25, 0.3) is 11.6 Å². The van der Waals surface area contributed by atoms with Gasteiger partial charge in [0.1, 0.15) is 5.69 Å². The number of aryl methyl sites for hydroxylation is 1. The van der Waals surface area contributed by atoms with Crippen molar-refractivity contribution in [2.75, 3.05) is 43.0 Å². The molecule has 7 nitrogen and oxygen atoms in total. The minimum absolute atomic E-state index is 0.0287. The first-order valence-corrected chi connectivity index (χ1v) is 11.6. The van der Waals surface area contributed by atoms with E-state index >= 15 is 0 Å². The summed E-state index contributed by atoms with van der Waals surface area (Å²) >= 11 is 0. The molecule has 0 aromatic heterocycles. The normalized spacial score (nSPS) is 23.1. The molecule has 5 rings (SSSR count). The summed E-state index contributed by atoms with van der Waals surface area (Å²) < 4.78 is 0. The highest BCUT2D eigenvalue weighted by atomic mass is 16.6. The topological polar surface area (TPSA) is 69.9 Å². The molecule has 0 N–H and O–H groups in total. The SMILES string of the molecule is Cc1ccc2c(c1)[C@@H]1CN(C)CC[C@H]1N2C(=O)c1ccc(N2CCCCC2)c([N+](=O)[O-])c1. The predicted octanol–water partition coefficient (Wildman–Crippen LogP) is 4.34. The number of benzene rings is 2. The fourth-order valence-corrected chi connectivity index (χ4v) is 5.69. The van der Waals surface area contributed by atoms with Gasteiger partial charge in [-0.3, -0.25) is 14.9 Å². The molecule has 7 heteroatoms. The number of nitro benzene ring substituents is 1. The second-order valence-corrected chi connectivity index (χ2v) is 9.47. The number of rotatable bonds is 3. The van der Waals surface area contributed by atoms with E-state index in [1.807, 2.05) is 17.0 Å². The number of carbonyl (C=O) groups excluding carboxylic acids is 1. The molecular weight excluding hydrogens is 404 g/mol. The van der Waals surface area contributed by atoms with Crippen molar-refractivity contribution in [1.82, 2.24) is 4.90 Å². The van der Waals surface area contributed by atoms with E-state index in [4.69, 9.17) is 0 Å². The van der Waals surface area contributed by atoms with E-state index < -0.39 is 0 Å². The molecule has 0 radical (unpaired) electrons. The van der Waals surface area contributed by atoms with E-state index in [1.54, 1.807) is 12.1 Å². The minimum atomic E-state index is -0.347. The first-order chi connectivity index (χ1) is 15.4. The van der Waals surface area contributed by atoms with Gasteiger partial charge in [-0.15, -0.1) is 0 Å². The molecule has 3 aliphatic rings. The molecule has 0 spiro atoms. The maximum Gasteiger partial charge on any atom is 0.293 e. The summed E-state index contributed by atoms with van der Waals surface area (Å²) in [5.74, 6) is 0.135. The average molecular weight is 435 g/mol. The molecule has 3 heterocycles. The second-order valence-electron chi connectivity index (χ2n) is 9.47. The summed E-state index contributed by atoms with van der Waals surface area (Å²) in [5.41, 5.74) is 4.40. The quantitative estimate of drug-likeness (QED) is 0.531. The lowest BCUT2D eigenvalue weighted by molar-refractivity contribution is -0.384. The van der Waals surface area contributed by atoms with Crippen LogP contribution in [0.15, 0.2) is 36.4 Å². The molecule has 0 aliphatic carbocycles. The number of fused-ring (bicyclic) bond motifs is 3. The maximum atomic E-state index is 13.8. The molecule has 2 aromatic carbocycles. The van der Waals surface area contributed by atoms with Crippen LogP contribution in [-0.4, -0.2) is 55.0 Å². The standard InChI is InChI=1S/C25H30N4O3/c1-17-6-8-21-19(14-17)20-16-26(2)13-10-22(20)28(21)25(30)18-7-9-23(24(15-18)29(31)32)27-11-4-3-5-12-27/h6-9,14-15,20,22H,3-5,10-13,16H2,1-2H3/t20-,22+/m0/s1. The van der Waals surface area contributed by atoms with Crippen LogP contribution >= 0.6 is 0 Å². The van der Waals surface area contributed by atoms with Crippen molar-refractivity contribution in [1.29, 1.82) is 0 Å². The summed E-state index contributed by atoms with van der Waals surface area (Å²) in [7, 11) is 2.12. The van der Waals surface area contributed by atoms with Crippen LogP contribution in [0.3, 0.4) is 0 Å². The van der Waals surface area contributed by atoms with Crippen molar-refractivity contribution in [2.24, 2.45) is 0 Å². The largest absolute Gasteiger partial charge is 0.366 e. The van der Waals surface area contributed by atoms with Crippen molar-refractivity contribution in [3.63, 3.8) is 0 Å². The van der Waals surface area contributed by atoms with Crippen LogP contribution in [0.5, 0.6) is 0 Å². The lowest BCUT2D eigenvalue weighted by Gasteiger charge is -2.36. The third-order valence-electron chi connectivity index (χ3n) is 7.29. The highest BCUT2D eigenvalue weighted by Gasteiger charge is 2.44. The van der Waals surface area contributed by atoms with Crippen LogP contribution in [0.2, 0.25) is 0 Å². The van der Waals surface area contributed by atoms with E-state index in [-0.39, 0.29) is 28.5 Å². The van der Waals surface area contributed by atoms with Crippen LogP contribution in [0.4, 0.5) is 17.1 Å². The zero-order valence-corrected chi connectivity index (χ0v) is 18.8. The Kier molecular flexibility index (Phi) is 5.37. The number of nitrogens with zero attached hydrogens (tertiary/aromatic N) is 4. The summed E-state index contributed by atoms with van der Waals surface area (Å²) in [6, 6.07) is 11.4. The van der Waals surface area contributed by atoms with E-state index in [2.05, 4.69) is 29.8 Å². The fourth-order valence-electron chi connectivity index (χ4n) is 5.69. The van der Waals surface area contributed by atoms with Crippen molar-refractivity contribution in [2.45, 2.75) is 44.6 Å². The van der Waals surface area contributed by atoms with Crippen LogP contribution in [-0.2, 0) is 0 Å². The van der Waals surface area contributed by atoms with E-state index in [0.717, 1.165) is 57.5 Å². The fraction of sp³-hybridized carbons (Fsp3) is 0.480. The Morgan fingerprint density at radius 1 is 1.03 bits per heavy atom. The van der Waals surface area contributed by atoms with E-state index in [1.165, 1.54) is 17.2 Å². The van der Waals surface area contributed by atoms with Crippen molar-refractivity contribution in [3.8, 4) is 0 Å². The third-order valence-corrected chi connectivity index (χ3v) is 7.29. The first-order valence-electron chi connectivity index (χ1n) is 11.6. The number of piperidine rings is 2. The van der Waals surface area contributed by atoms with Crippen molar-refractivity contribution in [3.05, 3.63) is 63.2 Å². The number of likely N-dealkylation sites (N-methyl/N-ethyl adjacent to an activating group) is 1. The number of likely N-dealkylation sites (tertiary alicyclic amines) is 1. The Labute approximate surface area is 188 Å². The second kappa shape index (κ2) is 8.20. The van der Waals surface area contributed by atoms with Gasteiger partial charge in [0, 0.05) is 48.9 Å². The number of hydrogen-bond acceptors (Lipinski definition) is 5. The summed E-state index contributed by atoms with van der Waals surface area (Å²) in [5, 5.41) is 11.9. The smallest absolute Gasteiger partial charge is 0.293 e. The third kappa shape index (κ3) is 3.54. The highest BCUT2D eigenvalue weighted by molar-refractivity contribution is 6.09. The molecule has 0 unspecified atom stereocenters. The van der Waals surface area contributed by atoms with Crippen LogP contribution in [0.25, 0.3) is 0 Å². The Hall–Kier alpha value is -2.93. The Morgan fingerprint density at radius 3 is 2.53 bits per heavy atom. The minimum Gasteiger partial charge on any atom is -0.366 e. The van der Waals surface area contributed by atoms with Crippen LogP contribution < -0.4 is 9.80 Å². The zero-order valence-electron chi connectivity index (χ0n) is 18.8. The number of hydrogen-bond donors (Lipinski definition) is 0. The number of nitro groups is 1. The van der Waals surface area contributed by atoms with Gasteiger partial charge in [0.15, 0.2) is 0 Å². The summed E-state index contributed by atoms with van der Waals surface area (Å²) in [4.78, 5) is 31.6. The summed E-state index contributed by atoms with van der Waals surface area (Å²) in [6.07, 6.45) is 4.14. The average Bonchev–Trinajstić information content (AvgIpc) is 3.11. The number of carbonyl (C=O) groups is 1. The molecule has 2 aromatic rings.